The summed E-state index contributed by atoms with van der Waals surface area (Å²) in [6.45, 7) is 1.78. The topological polar surface area (TPSA) is 38.3 Å². The maximum atomic E-state index is 13.7. The van der Waals surface area contributed by atoms with Crippen molar-refractivity contribution in [3.8, 4) is 5.75 Å². The lowest BCUT2D eigenvalue weighted by atomic mass is 10.1. The summed E-state index contributed by atoms with van der Waals surface area (Å²) in [5.41, 5.74) is 1.41. The first-order valence-corrected chi connectivity index (χ1v) is 7.45. The van der Waals surface area contributed by atoms with E-state index in [9.17, 15) is 9.18 Å². The van der Waals surface area contributed by atoms with Gasteiger partial charge in [-0.2, -0.15) is 0 Å². The van der Waals surface area contributed by atoms with Gasteiger partial charge in [-0.3, -0.25) is 4.79 Å². The van der Waals surface area contributed by atoms with E-state index in [1.807, 2.05) is 18.2 Å². The van der Waals surface area contributed by atoms with Crippen LogP contribution in [-0.2, 0) is 4.79 Å². The van der Waals surface area contributed by atoms with Crippen LogP contribution in [0.4, 0.5) is 4.39 Å². The van der Waals surface area contributed by atoms with Gasteiger partial charge in [0, 0.05) is 11.1 Å². The van der Waals surface area contributed by atoms with E-state index < -0.39 is 5.82 Å². The van der Waals surface area contributed by atoms with Gasteiger partial charge in [-0.15, -0.1) is 0 Å². The van der Waals surface area contributed by atoms with E-state index in [1.54, 1.807) is 25.1 Å². The number of halogens is 2. The Morgan fingerprint density at radius 1 is 1.30 bits per heavy atom. The highest BCUT2D eigenvalue weighted by atomic mass is 35.5. The van der Waals surface area contributed by atoms with Gasteiger partial charge in [0.2, 0.25) is 5.91 Å². The van der Waals surface area contributed by atoms with Gasteiger partial charge in [-0.1, -0.05) is 35.9 Å². The van der Waals surface area contributed by atoms with Crippen LogP contribution in [0.15, 0.2) is 48.5 Å². The van der Waals surface area contributed by atoms with Gasteiger partial charge < -0.3 is 10.1 Å². The maximum Gasteiger partial charge on any atom is 0.244 e. The van der Waals surface area contributed by atoms with Gasteiger partial charge in [-0.25, -0.2) is 4.39 Å². The first-order chi connectivity index (χ1) is 11.0. The third-order valence-corrected chi connectivity index (χ3v) is 3.70. The molecule has 0 saturated heterocycles. The molecule has 5 heteroatoms. The van der Waals surface area contributed by atoms with Crippen molar-refractivity contribution < 1.29 is 13.9 Å². The van der Waals surface area contributed by atoms with Crippen LogP contribution in [0.25, 0.3) is 6.08 Å². The SMILES string of the molecule is COc1ccc([C@H](C)NC(=O)/C=C/c2ccccc2Cl)cc1F. The Morgan fingerprint density at radius 3 is 2.70 bits per heavy atom. The third kappa shape index (κ3) is 4.57. The normalized spacial score (nSPS) is 12.2. The van der Waals surface area contributed by atoms with Gasteiger partial charge in [0.1, 0.15) is 0 Å². The van der Waals surface area contributed by atoms with Gasteiger partial charge in [0.05, 0.1) is 13.2 Å². The summed E-state index contributed by atoms with van der Waals surface area (Å²) in [5.74, 6) is -0.572. The molecule has 0 spiro atoms. The van der Waals surface area contributed by atoms with E-state index in [-0.39, 0.29) is 17.7 Å². The molecule has 0 heterocycles. The molecule has 0 aliphatic rings. The minimum atomic E-state index is -0.460. The lowest BCUT2D eigenvalue weighted by Crippen LogP contribution is -2.24. The zero-order valence-corrected chi connectivity index (χ0v) is 13.6. The Balaban J connectivity index is 2.02. The van der Waals surface area contributed by atoms with Gasteiger partial charge in [0.15, 0.2) is 11.6 Å². The first kappa shape index (κ1) is 17.0. The molecule has 3 nitrogen and oxygen atoms in total. The van der Waals surface area contributed by atoms with Crippen molar-refractivity contribution in [1.29, 1.82) is 0 Å². The second kappa shape index (κ2) is 7.79. The number of carbonyl (C=O) groups excluding carboxylic acids is 1. The number of benzene rings is 2. The average molecular weight is 334 g/mol. The Hall–Kier alpha value is -2.33. The van der Waals surface area contributed by atoms with Gasteiger partial charge >= 0.3 is 0 Å². The smallest absolute Gasteiger partial charge is 0.244 e. The molecule has 0 unspecified atom stereocenters. The number of methoxy groups -OCH3 is 1. The Kier molecular flexibility index (Phi) is 5.77. The molecule has 0 aliphatic heterocycles. The minimum Gasteiger partial charge on any atom is -0.494 e. The van der Waals surface area contributed by atoms with Crippen LogP contribution in [-0.4, -0.2) is 13.0 Å². The maximum absolute atomic E-state index is 13.7. The molecule has 2 rings (SSSR count). The predicted molar refractivity (Wildman–Crippen MR) is 90.0 cm³/mol. The number of amides is 1. The van der Waals surface area contributed by atoms with Crippen LogP contribution in [0.2, 0.25) is 5.02 Å². The highest BCUT2D eigenvalue weighted by molar-refractivity contribution is 6.32. The Labute approximate surface area is 139 Å². The first-order valence-electron chi connectivity index (χ1n) is 7.08. The van der Waals surface area contributed by atoms with Crippen LogP contribution in [0, 0.1) is 5.82 Å². The Bertz CT molecular complexity index is 731. The van der Waals surface area contributed by atoms with E-state index in [2.05, 4.69) is 5.32 Å². The second-order valence-electron chi connectivity index (χ2n) is 4.98. The number of ether oxygens (including phenoxy) is 1. The molecule has 0 aromatic heterocycles. The highest BCUT2D eigenvalue weighted by Gasteiger charge is 2.11. The zero-order chi connectivity index (χ0) is 16.8. The lowest BCUT2D eigenvalue weighted by Gasteiger charge is -2.14. The molecule has 2 aromatic rings. The van der Waals surface area contributed by atoms with Crippen molar-refractivity contribution in [2.75, 3.05) is 7.11 Å². The van der Waals surface area contributed by atoms with Crippen molar-refractivity contribution in [3.63, 3.8) is 0 Å². The molecule has 0 aliphatic carbocycles. The molecule has 2 aromatic carbocycles. The van der Waals surface area contributed by atoms with Crippen molar-refractivity contribution in [3.05, 3.63) is 70.5 Å². The number of carbonyl (C=O) groups is 1. The molecule has 1 atom stereocenters. The van der Waals surface area contributed by atoms with E-state index in [4.69, 9.17) is 16.3 Å². The minimum absolute atomic E-state index is 0.172. The summed E-state index contributed by atoms with van der Waals surface area (Å²) in [5, 5.41) is 3.35. The fourth-order valence-corrected chi connectivity index (χ4v) is 2.27. The van der Waals surface area contributed by atoms with Crippen molar-refractivity contribution in [1.82, 2.24) is 5.32 Å². The number of rotatable bonds is 5. The standard InChI is InChI=1S/C18H17ClFNO2/c1-12(14-7-9-17(23-2)16(20)11-14)21-18(22)10-8-13-5-3-4-6-15(13)19/h3-12H,1-2H3,(H,21,22)/b10-8+/t12-/m0/s1. The summed E-state index contributed by atoms with van der Waals surface area (Å²) in [6, 6.07) is 11.5. The third-order valence-electron chi connectivity index (χ3n) is 3.35. The molecule has 0 fully saturated rings. The van der Waals surface area contributed by atoms with Gasteiger partial charge in [-0.05, 0) is 42.3 Å². The summed E-state index contributed by atoms with van der Waals surface area (Å²) in [7, 11) is 1.41. The molecule has 0 saturated carbocycles. The number of nitrogens with one attached hydrogen (secondary N) is 1. The van der Waals surface area contributed by atoms with Crippen LogP contribution in [0.1, 0.15) is 24.1 Å². The number of hydrogen-bond donors (Lipinski definition) is 1. The fraction of sp³-hybridized carbons (Fsp3) is 0.167. The van der Waals surface area contributed by atoms with Crippen molar-refractivity contribution in [2.24, 2.45) is 0 Å². The predicted octanol–water partition coefficient (Wildman–Crippen LogP) is 4.38. The van der Waals surface area contributed by atoms with Crippen molar-refractivity contribution >= 4 is 23.6 Å². The molecule has 23 heavy (non-hydrogen) atoms. The summed E-state index contributed by atoms with van der Waals surface area (Å²) >= 11 is 6.02. The van der Waals surface area contributed by atoms with E-state index in [0.717, 1.165) is 5.56 Å². The Morgan fingerprint density at radius 2 is 2.04 bits per heavy atom. The molecule has 0 bridgehead atoms. The second-order valence-corrected chi connectivity index (χ2v) is 5.39. The van der Waals surface area contributed by atoms with Crippen LogP contribution < -0.4 is 10.1 Å². The summed E-state index contributed by atoms with van der Waals surface area (Å²) in [4.78, 5) is 12.0. The molecular weight excluding hydrogens is 317 g/mol. The molecule has 120 valence electrons. The van der Waals surface area contributed by atoms with Crippen LogP contribution >= 0.6 is 11.6 Å². The lowest BCUT2D eigenvalue weighted by molar-refractivity contribution is -0.117. The van der Waals surface area contributed by atoms with E-state index in [0.29, 0.717) is 10.6 Å². The van der Waals surface area contributed by atoms with Crippen molar-refractivity contribution in [2.45, 2.75) is 13.0 Å². The monoisotopic (exact) mass is 333 g/mol. The summed E-state index contributed by atoms with van der Waals surface area (Å²) < 4.78 is 18.6. The number of hydrogen-bond acceptors (Lipinski definition) is 2. The quantitative estimate of drug-likeness (QED) is 0.825. The van der Waals surface area contributed by atoms with E-state index in [1.165, 1.54) is 25.3 Å². The molecular formula is C18H17ClFNO2. The fourth-order valence-electron chi connectivity index (χ4n) is 2.07. The molecule has 1 N–H and O–H groups in total. The highest BCUT2D eigenvalue weighted by Crippen LogP contribution is 2.22. The van der Waals surface area contributed by atoms with Crippen LogP contribution in [0.3, 0.4) is 0 Å². The summed E-state index contributed by atoms with van der Waals surface area (Å²) in [6.07, 6.45) is 3.04. The van der Waals surface area contributed by atoms with E-state index >= 15 is 0 Å². The van der Waals surface area contributed by atoms with Crippen LogP contribution in [0.5, 0.6) is 5.75 Å². The average Bonchev–Trinajstić information content (AvgIpc) is 2.54. The molecule has 1 amide bonds. The molecule has 0 radical (unpaired) electrons. The largest absolute Gasteiger partial charge is 0.494 e. The van der Waals surface area contributed by atoms with Gasteiger partial charge in [0.25, 0.3) is 0 Å². The zero-order valence-electron chi connectivity index (χ0n) is 12.8.